The predicted octanol–water partition coefficient (Wildman–Crippen LogP) is 3.51. The summed E-state index contributed by atoms with van der Waals surface area (Å²) in [5.41, 5.74) is 1.03. The molecule has 0 aliphatic carbocycles. The Morgan fingerprint density at radius 2 is 1.80 bits per heavy atom. The van der Waals surface area contributed by atoms with Crippen LogP contribution in [0.1, 0.15) is 5.56 Å². The van der Waals surface area contributed by atoms with Gasteiger partial charge in [0.15, 0.2) is 0 Å². The van der Waals surface area contributed by atoms with Gasteiger partial charge in [0.25, 0.3) is 11.2 Å². The Morgan fingerprint density at radius 1 is 1.00 bits per heavy atom. The Labute approximate surface area is 142 Å². The zero-order valence-corrected chi connectivity index (χ0v) is 13.1. The summed E-state index contributed by atoms with van der Waals surface area (Å²) in [5.74, 6) is 0. The van der Waals surface area contributed by atoms with Gasteiger partial charge in [0.05, 0.1) is 28.7 Å². The zero-order valence-electron chi connectivity index (χ0n) is 13.1. The third-order valence-corrected chi connectivity index (χ3v) is 4.24. The van der Waals surface area contributed by atoms with Crippen molar-refractivity contribution < 1.29 is 4.92 Å². The van der Waals surface area contributed by atoms with Gasteiger partial charge in [-0.25, -0.2) is 4.98 Å². The number of non-ortho nitro benzene ring substituents is 1. The highest BCUT2D eigenvalue weighted by atomic mass is 16.6. The first kappa shape index (κ1) is 15.0. The third kappa shape index (κ3) is 2.63. The van der Waals surface area contributed by atoms with Gasteiger partial charge >= 0.3 is 0 Å². The van der Waals surface area contributed by atoms with Gasteiger partial charge in [0, 0.05) is 12.1 Å². The van der Waals surface area contributed by atoms with Crippen molar-refractivity contribution >= 4 is 27.4 Å². The van der Waals surface area contributed by atoms with E-state index in [-0.39, 0.29) is 16.6 Å². The van der Waals surface area contributed by atoms with E-state index in [1.807, 2.05) is 42.5 Å². The Balaban J connectivity index is 1.85. The molecular weight excluding hydrogens is 318 g/mol. The highest BCUT2D eigenvalue weighted by Gasteiger charge is 2.11. The van der Waals surface area contributed by atoms with E-state index in [2.05, 4.69) is 4.98 Å². The summed E-state index contributed by atoms with van der Waals surface area (Å²) in [6.07, 6.45) is 1.48. The largest absolute Gasteiger partial charge is 0.294 e. The monoisotopic (exact) mass is 331 g/mol. The summed E-state index contributed by atoms with van der Waals surface area (Å²) in [7, 11) is 0. The molecule has 0 aliphatic heterocycles. The molecule has 0 bridgehead atoms. The van der Waals surface area contributed by atoms with E-state index in [1.54, 1.807) is 0 Å². The van der Waals surface area contributed by atoms with Gasteiger partial charge in [0.1, 0.15) is 0 Å². The fraction of sp³-hybridized carbons (Fsp3) is 0.0526. The maximum Gasteiger partial charge on any atom is 0.270 e. The second kappa shape index (κ2) is 5.83. The minimum Gasteiger partial charge on any atom is -0.294 e. The number of hydrogen-bond acceptors (Lipinski definition) is 4. The second-order valence-corrected chi connectivity index (χ2v) is 5.77. The summed E-state index contributed by atoms with van der Waals surface area (Å²) in [6, 6.07) is 18.0. The molecule has 0 fully saturated rings. The number of benzene rings is 3. The van der Waals surface area contributed by atoms with E-state index in [4.69, 9.17) is 0 Å². The smallest absolute Gasteiger partial charge is 0.270 e. The van der Waals surface area contributed by atoms with Crippen molar-refractivity contribution in [1.29, 1.82) is 0 Å². The molecule has 1 heterocycles. The van der Waals surface area contributed by atoms with Crippen molar-refractivity contribution in [3.8, 4) is 0 Å². The van der Waals surface area contributed by atoms with Crippen molar-refractivity contribution in [2.75, 3.05) is 0 Å². The highest BCUT2D eigenvalue weighted by Crippen LogP contribution is 2.20. The van der Waals surface area contributed by atoms with Crippen molar-refractivity contribution in [2.45, 2.75) is 6.54 Å². The van der Waals surface area contributed by atoms with Gasteiger partial charge in [-0.05, 0) is 22.4 Å². The molecule has 0 saturated heterocycles. The Kier molecular flexibility index (Phi) is 3.50. The topological polar surface area (TPSA) is 78.0 Å². The standard InChI is InChI=1S/C19H13N3O3/c23-19-17-10-15(22(24)25)8-9-18(17)20-12-21(19)11-14-6-3-5-13-4-1-2-7-16(13)14/h1-10,12H,11H2. The number of hydrogen-bond donors (Lipinski definition) is 0. The molecule has 6 nitrogen and oxygen atoms in total. The van der Waals surface area contributed by atoms with Crippen LogP contribution in [0.5, 0.6) is 0 Å². The lowest BCUT2D eigenvalue weighted by atomic mass is 10.0. The fourth-order valence-corrected chi connectivity index (χ4v) is 2.99. The number of nitro groups is 1. The van der Waals surface area contributed by atoms with Gasteiger partial charge in [-0.1, -0.05) is 42.5 Å². The van der Waals surface area contributed by atoms with E-state index in [1.165, 1.54) is 29.1 Å². The third-order valence-electron chi connectivity index (χ3n) is 4.24. The number of nitro benzene ring substituents is 1. The van der Waals surface area contributed by atoms with Gasteiger partial charge in [-0.2, -0.15) is 0 Å². The number of fused-ring (bicyclic) bond motifs is 2. The minimum atomic E-state index is -0.513. The normalized spacial score (nSPS) is 11.0. The molecule has 0 radical (unpaired) electrons. The predicted molar refractivity (Wildman–Crippen MR) is 95.7 cm³/mol. The first-order valence-corrected chi connectivity index (χ1v) is 7.74. The van der Waals surface area contributed by atoms with Crippen LogP contribution in [0.15, 0.2) is 71.8 Å². The van der Waals surface area contributed by atoms with Crippen molar-refractivity contribution in [1.82, 2.24) is 9.55 Å². The molecule has 0 N–H and O–H groups in total. The van der Waals surface area contributed by atoms with Gasteiger partial charge in [0.2, 0.25) is 0 Å². The average molecular weight is 331 g/mol. The lowest BCUT2D eigenvalue weighted by Crippen LogP contribution is -2.21. The number of rotatable bonds is 3. The lowest BCUT2D eigenvalue weighted by Gasteiger charge is -2.09. The van der Waals surface area contributed by atoms with E-state index in [0.29, 0.717) is 12.1 Å². The average Bonchev–Trinajstić information content (AvgIpc) is 2.64. The summed E-state index contributed by atoms with van der Waals surface area (Å²) in [5, 5.41) is 13.4. The number of nitrogens with zero attached hydrogens (tertiary/aromatic N) is 3. The van der Waals surface area contributed by atoms with Crippen LogP contribution in [0, 0.1) is 10.1 Å². The van der Waals surface area contributed by atoms with E-state index in [9.17, 15) is 14.9 Å². The molecular formula is C19H13N3O3. The van der Waals surface area contributed by atoms with Crippen molar-refractivity contribution in [2.24, 2.45) is 0 Å². The zero-order chi connectivity index (χ0) is 17.4. The van der Waals surface area contributed by atoms with Crippen LogP contribution in [0.25, 0.3) is 21.7 Å². The van der Waals surface area contributed by atoms with Crippen LogP contribution in [0.4, 0.5) is 5.69 Å². The van der Waals surface area contributed by atoms with E-state index in [0.717, 1.165) is 16.3 Å². The molecule has 4 aromatic rings. The molecule has 6 heteroatoms. The van der Waals surface area contributed by atoms with Gasteiger partial charge < -0.3 is 0 Å². The molecule has 1 aromatic heterocycles. The summed E-state index contributed by atoms with van der Waals surface area (Å²) in [6.45, 7) is 0.353. The quantitative estimate of drug-likeness (QED) is 0.425. The molecule has 0 unspecified atom stereocenters. The molecule has 0 aliphatic rings. The van der Waals surface area contributed by atoms with Crippen LogP contribution in [0.2, 0.25) is 0 Å². The maximum absolute atomic E-state index is 12.7. The van der Waals surface area contributed by atoms with Gasteiger partial charge in [-0.3, -0.25) is 19.5 Å². The van der Waals surface area contributed by atoms with Crippen molar-refractivity contribution in [3.63, 3.8) is 0 Å². The first-order chi connectivity index (χ1) is 12.1. The van der Waals surface area contributed by atoms with Crippen molar-refractivity contribution in [3.05, 3.63) is 93.0 Å². The van der Waals surface area contributed by atoms with Crippen LogP contribution >= 0.6 is 0 Å². The molecule has 0 amide bonds. The Hall–Kier alpha value is -3.54. The maximum atomic E-state index is 12.7. The summed E-state index contributed by atoms with van der Waals surface area (Å²) < 4.78 is 1.48. The Bertz CT molecular complexity index is 1180. The van der Waals surface area contributed by atoms with Gasteiger partial charge in [-0.15, -0.1) is 0 Å². The van der Waals surface area contributed by atoms with E-state index >= 15 is 0 Å². The van der Waals surface area contributed by atoms with Crippen LogP contribution in [-0.2, 0) is 6.54 Å². The fourth-order valence-electron chi connectivity index (χ4n) is 2.99. The number of aromatic nitrogens is 2. The molecule has 0 atom stereocenters. The summed E-state index contributed by atoms with van der Waals surface area (Å²) in [4.78, 5) is 27.4. The molecule has 122 valence electrons. The molecule has 25 heavy (non-hydrogen) atoms. The van der Waals surface area contributed by atoms with Crippen LogP contribution in [-0.4, -0.2) is 14.5 Å². The molecule has 0 spiro atoms. The molecule has 4 rings (SSSR count). The second-order valence-electron chi connectivity index (χ2n) is 5.77. The lowest BCUT2D eigenvalue weighted by molar-refractivity contribution is -0.384. The van der Waals surface area contributed by atoms with E-state index < -0.39 is 4.92 Å². The molecule has 0 saturated carbocycles. The Morgan fingerprint density at radius 3 is 2.64 bits per heavy atom. The SMILES string of the molecule is O=c1c2cc([N+](=O)[O-])ccc2ncn1Cc1cccc2ccccc12. The van der Waals surface area contributed by atoms with Crippen LogP contribution in [0.3, 0.4) is 0 Å². The van der Waals surface area contributed by atoms with Crippen LogP contribution < -0.4 is 5.56 Å². The molecule has 3 aromatic carbocycles. The summed E-state index contributed by atoms with van der Waals surface area (Å²) >= 11 is 0. The first-order valence-electron chi connectivity index (χ1n) is 7.74. The highest BCUT2D eigenvalue weighted by molar-refractivity contribution is 5.85. The minimum absolute atomic E-state index is 0.116.